The number of hydrogen-bond acceptors (Lipinski definition) is 3. The van der Waals surface area contributed by atoms with Crippen LogP contribution in [0.25, 0.3) is 0 Å². The minimum atomic E-state index is 0.304. The molecule has 1 aliphatic rings. The van der Waals surface area contributed by atoms with Gasteiger partial charge in [0.15, 0.2) is 0 Å². The highest BCUT2D eigenvalue weighted by Crippen LogP contribution is 2.23. The third-order valence-corrected chi connectivity index (χ3v) is 4.24. The third-order valence-electron chi connectivity index (χ3n) is 2.89. The molecule has 4 heteroatoms. The van der Waals surface area contributed by atoms with Gasteiger partial charge >= 0.3 is 0 Å². The van der Waals surface area contributed by atoms with Crippen molar-refractivity contribution in [3.63, 3.8) is 0 Å². The lowest BCUT2D eigenvalue weighted by molar-refractivity contribution is 0.377. The van der Waals surface area contributed by atoms with Crippen molar-refractivity contribution < 1.29 is 0 Å². The highest BCUT2D eigenvalue weighted by atomic mass is 35.5. The van der Waals surface area contributed by atoms with Gasteiger partial charge in [-0.05, 0) is 19.8 Å². The van der Waals surface area contributed by atoms with Gasteiger partial charge in [0, 0.05) is 23.3 Å². The summed E-state index contributed by atoms with van der Waals surface area (Å²) >= 11 is 7.98. The second-order valence-electron chi connectivity index (χ2n) is 4.15. The van der Waals surface area contributed by atoms with Crippen LogP contribution in [-0.2, 0) is 6.54 Å². The van der Waals surface area contributed by atoms with Crippen molar-refractivity contribution >= 4 is 22.9 Å². The van der Waals surface area contributed by atoms with Crippen LogP contribution in [0, 0.1) is 6.92 Å². The van der Waals surface area contributed by atoms with Crippen molar-refractivity contribution in [3.8, 4) is 0 Å². The van der Waals surface area contributed by atoms with Gasteiger partial charge in [-0.3, -0.25) is 0 Å². The summed E-state index contributed by atoms with van der Waals surface area (Å²) in [5.74, 6) is 0. The van der Waals surface area contributed by atoms with Crippen LogP contribution in [-0.4, -0.2) is 16.4 Å². The number of alkyl halides is 1. The molecule has 1 aromatic heterocycles. The maximum absolute atomic E-state index is 6.27. The number of thiazole rings is 1. The Morgan fingerprint density at radius 2 is 2.33 bits per heavy atom. The Hall–Kier alpha value is -0.120. The molecule has 0 aromatic carbocycles. The van der Waals surface area contributed by atoms with Gasteiger partial charge in [-0.15, -0.1) is 22.9 Å². The lowest BCUT2D eigenvalue weighted by atomic mass is 9.95. The topological polar surface area (TPSA) is 24.9 Å². The summed E-state index contributed by atoms with van der Waals surface area (Å²) in [7, 11) is 0. The summed E-state index contributed by atoms with van der Waals surface area (Å²) in [6.07, 6.45) is 4.94. The van der Waals surface area contributed by atoms with E-state index in [4.69, 9.17) is 11.6 Å². The first-order chi connectivity index (χ1) is 7.25. The number of rotatable bonds is 3. The summed E-state index contributed by atoms with van der Waals surface area (Å²) < 4.78 is 0. The van der Waals surface area contributed by atoms with Gasteiger partial charge in [0.25, 0.3) is 0 Å². The smallest absolute Gasteiger partial charge is 0.0897 e. The summed E-state index contributed by atoms with van der Waals surface area (Å²) in [5, 5.41) is 7.07. The van der Waals surface area contributed by atoms with Crippen LogP contribution < -0.4 is 5.32 Å². The molecule has 2 unspecified atom stereocenters. The number of aryl methyl sites for hydroxylation is 1. The van der Waals surface area contributed by atoms with Crippen LogP contribution in [0.3, 0.4) is 0 Å². The number of aromatic nitrogens is 1. The third kappa shape index (κ3) is 3.16. The van der Waals surface area contributed by atoms with Crippen LogP contribution in [0.1, 0.15) is 36.4 Å². The Morgan fingerprint density at radius 1 is 1.53 bits per heavy atom. The highest BCUT2D eigenvalue weighted by Gasteiger charge is 2.22. The lowest BCUT2D eigenvalue weighted by Crippen LogP contribution is -2.38. The van der Waals surface area contributed by atoms with E-state index in [1.54, 1.807) is 11.3 Å². The quantitative estimate of drug-likeness (QED) is 0.827. The Balaban J connectivity index is 1.81. The number of halogens is 1. The summed E-state index contributed by atoms with van der Waals surface area (Å²) in [5.41, 5.74) is 1.15. The number of nitrogens with one attached hydrogen (secondary N) is 1. The normalized spacial score (nSPS) is 26.8. The standard InChI is InChI=1S/C11H17ClN2S/c1-8-14-9(7-15-8)6-13-11-5-3-2-4-10(11)12/h7,10-11,13H,2-6H2,1H3. The van der Waals surface area contributed by atoms with E-state index >= 15 is 0 Å². The van der Waals surface area contributed by atoms with Crippen molar-refractivity contribution in [1.82, 2.24) is 10.3 Å². The number of hydrogen-bond donors (Lipinski definition) is 1. The zero-order valence-corrected chi connectivity index (χ0v) is 10.6. The summed E-state index contributed by atoms with van der Waals surface area (Å²) in [6.45, 7) is 2.90. The van der Waals surface area contributed by atoms with Gasteiger partial charge in [0.1, 0.15) is 0 Å². The highest BCUT2D eigenvalue weighted by molar-refractivity contribution is 7.09. The van der Waals surface area contributed by atoms with E-state index < -0.39 is 0 Å². The van der Waals surface area contributed by atoms with Gasteiger partial charge in [0.2, 0.25) is 0 Å². The summed E-state index contributed by atoms with van der Waals surface area (Å²) in [6, 6.07) is 0.474. The molecule has 2 nitrogen and oxygen atoms in total. The molecular formula is C11H17ClN2S. The predicted octanol–water partition coefficient (Wildman–Crippen LogP) is 3.09. The molecule has 84 valence electrons. The maximum Gasteiger partial charge on any atom is 0.0897 e. The molecule has 15 heavy (non-hydrogen) atoms. The first kappa shape index (κ1) is 11.4. The first-order valence-electron chi connectivity index (χ1n) is 5.54. The molecule has 2 rings (SSSR count). The molecule has 1 saturated carbocycles. The largest absolute Gasteiger partial charge is 0.307 e. The minimum Gasteiger partial charge on any atom is -0.307 e. The SMILES string of the molecule is Cc1nc(CNC2CCCCC2Cl)cs1. The Bertz CT molecular complexity index is 313. The van der Waals surface area contributed by atoms with Crippen molar-refractivity contribution in [2.75, 3.05) is 0 Å². The van der Waals surface area contributed by atoms with E-state index in [1.807, 2.05) is 6.92 Å². The molecule has 0 aliphatic heterocycles. The zero-order valence-electron chi connectivity index (χ0n) is 9.00. The molecule has 1 fully saturated rings. The molecule has 1 aliphatic carbocycles. The van der Waals surface area contributed by atoms with E-state index in [0.29, 0.717) is 11.4 Å². The minimum absolute atomic E-state index is 0.304. The van der Waals surface area contributed by atoms with Gasteiger partial charge in [-0.1, -0.05) is 12.8 Å². The molecule has 0 amide bonds. The van der Waals surface area contributed by atoms with Crippen molar-refractivity contribution in [1.29, 1.82) is 0 Å². The molecule has 1 aromatic rings. The fraction of sp³-hybridized carbons (Fsp3) is 0.727. The van der Waals surface area contributed by atoms with E-state index in [9.17, 15) is 0 Å². The first-order valence-corrected chi connectivity index (χ1v) is 6.86. The Labute approximate surface area is 100 Å². The van der Waals surface area contributed by atoms with Gasteiger partial charge in [0.05, 0.1) is 10.7 Å². The van der Waals surface area contributed by atoms with Crippen molar-refractivity contribution in [3.05, 3.63) is 16.1 Å². The molecule has 1 N–H and O–H groups in total. The fourth-order valence-electron chi connectivity index (χ4n) is 2.04. The second-order valence-corrected chi connectivity index (χ2v) is 5.77. The number of nitrogens with zero attached hydrogens (tertiary/aromatic N) is 1. The van der Waals surface area contributed by atoms with Crippen LogP contribution >= 0.6 is 22.9 Å². The van der Waals surface area contributed by atoms with E-state index in [0.717, 1.165) is 23.7 Å². The van der Waals surface area contributed by atoms with Gasteiger partial charge < -0.3 is 5.32 Å². The second kappa shape index (κ2) is 5.28. The monoisotopic (exact) mass is 244 g/mol. The molecule has 0 bridgehead atoms. The maximum atomic E-state index is 6.27. The van der Waals surface area contributed by atoms with Gasteiger partial charge in [-0.2, -0.15) is 0 Å². The zero-order chi connectivity index (χ0) is 10.7. The van der Waals surface area contributed by atoms with Crippen LogP contribution in [0.5, 0.6) is 0 Å². The molecule has 2 atom stereocenters. The van der Waals surface area contributed by atoms with E-state index in [-0.39, 0.29) is 0 Å². The fourth-order valence-corrected chi connectivity index (χ4v) is 3.02. The van der Waals surface area contributed by atoms with Crippen molar-refractivity contribution in [2.45, 2.75) is 50.6 Å². The van der Waals surface area contributed by atoms with Gasteiger partial charge in [-0.25, -0.2) is 4.98 Å². The molecular weight excluding hydrogens is 228 g/mol. The Morgan fingerprint density at radius 3 is 3.00 bits per heavy atom. The van der Waals surface area contributed by atoms with Crippen LogP contribution in [0.4, 0.5) is 0 Å². The summed E-state index contributed by atoms with van der Waals surface area (Å²) in [4.78, 5) is 4.43. The molecule has 0 radical (unpaired) electrons. The van der Waals surface area contributed by atoms with E-state index in [2.05, 4.69) is 15.7 Å². The Kier molecular flexibility index (Phi) is 4.00. The van der Waals surface area contributed by atoms with Crippen molar-refractivity contribution in [2.24, 2.45) is 0 Å². The van der Waals surface area contributed by atoms with Crippen LogP contribution in [0.2, 0.25) is 0 Å². The predicted molar refractivity (Wildman–Crippen MR) is 65.6 cm³/mol. The lowest BCUT2D eigenvalue weighted by Gasteiger charge is -2.27. The van der Waals surface area contributed by atoms with E-state index in [1.165, 1.54) is 19.3 Å². The molecule has 0 saturated heterocycles. The average molecular weight is 245 g/mol. The average Bonchev–Trinajstić information content (AvgIpc) is 2.63. The molecule has 1 heterocycles. The van der Waals surface area contributed by atoms with Crippen LogP contribution in [0.15, 0.2) is 5.38 Å². The molecule has 0 spiro atoms.